The van der Waals surface area contributed by atoms with Gasteiger partial charge in [0.05, 0.1) is 11.0 Å². The fourth-order valence-corrected chi connectivity index (χ4v) is 3.94. The lowest BCUT2D eigenvalue weighted by Gasteiger charge is -2.18. The van der Waals surface area contributed by atoms with E-state index in [2.05, 4.69) is 15.8 Å². The number of furan rings is 1. The van der Waals surface area contributed by atoms with Crippen LogP contribution in [0.2, 0.25) is 0 Å². The SMILES string of the molecule is Cc1cc(NC(=O)[C@@H](C)SCC(=O)N[C@H](c2ccccc2)c2cc3ccccc3o2)no1. The van der Waals surface area contributed by atoms with Crippen molar-refractivity contribution in [1.29, 1.82) is 0 Å². The molecule has 0 unspecified atom stereocenters. The van der Waals surface area contributed by atoms with Crippen LogP contribution < -0.4 is 10.6 Å². The van der Waals surface area contributed by atoms with Crippen LogP contribution in [-0.2, 0) is 9.59 Å². The fraction of sp³-hybridized carbons (Fsp3) is 0.208. The number of carbonyl (C=O) groups excluding carboxylic acids is 2. The molecule has 2 heterocycles. The van der Waals surface area contributed by atoms with Gasteiger partial charge in [-0.2, -0.15) is 0 Å². The molecule has 0 aliphatic heterocycles. The number of anilines is 1. The molecule has 0 bridgehead atoms. The van der Waals surface area contributed by atoms with Crippen LogP contribution >= 0.6 is 11.8 Å². The summed E-state index contributed by atoms with van der Waals surface area (Å²) >= 11 is 1.24. The highest BCUT2D eigenvalue weighted by Crippen LogP contribution is 2.28. The molecule has 2 atom stereocenters. The van der Waals surface area contributed by atoms with Crippen LogP contribution in [0.15, 0.2) is 75.7 Å². The van der Waals surface area contributed by atoms with Crippen LogP contribution in [0.3, 0.4) is 0 Å². The van der Waals surface area contributed by atoms with E-state index in [1.54, 1.807) is 19.9 Å². The van der Waals surface area contributed by atoms with Crippen molar-refractivity contribution in [2.24, 2.45) is 0 Å². The predicted molar refractivity (Wildman–Crippen MR) is 124 cm³/mol. The first-order chi connectivity index (χ1) is 15.5. The molecule has 0 saturated heterocycles. The maximum Gasteiger partial charge on any atom is 0.238 e. The number of nitrogens with zero attached hydrogens (tertiary/aromatic N) is 1. The molecule has 4 aromatic rings. The van der Waals surface area contributed by atoms with Gasteiger partial charge >= 0.3 is 0 Å². The monoisotopic (exact) mass is 449 g/mol. The molecule has 2 N–H and O–H groups in total. The van der Waals surface area contributed by atoms with Crippen molar-refractivity contribution >= 4 is 40.4 Å². The fourth-order valence-electron chi connectivity index (χ4n) is 3.24. The topological polar surface area (TPSA) is 97.4 Å². The van der Waals surface area contributed by atoms with E-state index >= 15 is 0 Å². The maximum atomic E-state index is 12.8. The summed E-state index contributed by atoms with van der Waals surface area (Å²) in [5.41, 5.74) is 1.68. The molecule has 0 fully saturated rings. The molecule has 0 aliphatic rings. The summed E-state index contributed by atoms with van der Waals surface area (Å²) < 4.78 is 11.0. The van der Waals surface area contributed by atoms with E-state index in [4.69, 9.17) is 8.94 Å². The minimum Gasteiger partial charge on any atom is -0.459 e. The average molecular weight is 450 g/mol. The number of benzene rings is 2. The van der Waals surface area contributed by atoms with Crippen molar-refractivity contribution in [2.75, 3.05) is 11.1 Å². The van der Waals surface area contributed by atoms with Gasteiger partial charge in [-0.15, -0.1) is 11.8 Å². The molecule has 4 rings (SSSR count). The van der Waals surface area contributed by atoms with E-state index in [1.807, 2.05) is 60.7 Å². The summed E-state index contributed by atoms with van der Waals surface area (Å²) in [5.74, 6) is 1.31. The molecular weight excluding hydrogens is 426 g/mol. The summed E-state index contributed by atoms with van der Waals surface area (Å²) in [6, 6.07) is 20.5. The summed E-state index contributed by atoms with van der Waals surface area (Å²) in [5, 5.41) is 10.0. The van der Waals surface area contributed by atoms with E-state index in [0.29, 0.717) is 17.3 Å². The molecule has 0 aliphatic carbocycles. The van der Waals surface area contributed by atoms with Crippen molar-refractivity contribution < 1.29 is 18.5 Å². The second-order valence-electron chi connectivity index (χ2n) is 7.36. The van der Waals surface area contributed by atoms with Crippen LogP contribution in [0.25, 0.3) is 11.0 Å². The Bertz CT molecular complexity index is 1190. The second kappa shape index (κ2) is 9.74. The summed E-state index contributed by atoms with van der Waals surface area (Å²) in [6.07, 6.45) is 0. The molecule has 8 heteroatoms. The molecule has 164 valence electrons. The van der Waals surface area contributed by atoms with E-state index in [0.717, 1.165) is 16.5 Å². The summed E-state index contributed by atoms with van der Waals surface area (Å²) in [4.78, 5) is 25.1. The number of thioether (sulfide) groups is 1. The molecule has 0 spiro atoms. The lowest BCUT2D eigenvalue weighted by Crippen LogP contribution is -2.32. The molecule has 0 saturated carbocycles. The highest BCUT2D eigenvalue weighted by atomic mass is 32.2. The highest BCUT2D eigenvalue weighted by Gasteiger charge is 2.22. The number of fused-ring (bicyclic) bond motifs is 1. The third-order valence-corrected chi connectivity index (χ3v) is 6.02. The zero-order chi connectivity index (χ0) is 22.5. The van der Waals surface area contributed by atoms with E-state index in [1.165, 1.54) is 11.8 Å². The number of carbonyl (C=O) groups is 2. The Balaban J connectivity index is 1.41. The second-order valence-corrected chi connectivity index (χ2v) is 8.69. The lowest BCUT2D eigenvalue weighted by atomic mass is 10.0. The van der Waals surface area contributed by atoms with Gasteiger partial charge < -0.3 is 19.6 Å². The Labute approximate surface area is 189 Å². The number of hydrogen-bond donors (Lipinski definition) is 2. The number of hydrogen-bond acceptors (Lipinski definition) is 6. The average Bonchev–Trinajstić information content (AvgIpc) is 3.42. The third-order valence-electron chi connectivity index (χ3n) is 4.88. The van der Waals surface area contributed by atoms with Gasteiger partial charge in [-0.25, -0.2) is 0 Å². The van der Waals surface area contributed by atoms with Crippen LogP contribution in [0.1, 0.15) is 30.0 Å². The normalized spacial score (nSPS) is 12.9. The van der Waals surface area contributed by atoms with Crippen LogP contribution in [0.4, 0.5) is 5.82 Å². The van der Waals surface area contributed by atoms with Crippen LogP contribution in [0.5, 0.6) is 0 Å². The zero-order valence-electron chi connectivity index (χ0n) is 17.7. The molecule has 7 nitrogen and oxygen atoms in total. The minimum atomic E-state index is -0.445. The molecule has 0 radical (unpaired) electrons. The third kappa shape index (κ3) is 5.20. The van der Waals surface area contributed by atoms with Crippen molar-refractivity contribution in [3.05, 3.63) is 83.8 Å². The molecule has 32 heavy (non-hydrogen) atoms. The van der Waals surface area contributed by atoms with Crippen molar-refractivity contribution in [2.45, 2.75) is 25.1 Å². The minimum absolute atomic E-state index is 0.121. The maximum absolute atomic E-state index is 12.8. The first-order valence-corrected chi connectivity index (χ1v) is 11.2. The lowest BCUT2D eigenvalue weighted by molar-refractivity contribution is -0.119. The Morgan fingerprint density at radius 3 is 2.53 bits per heavy atom. The van der Waals surface area contributed by atoms with Gasteiger partial charge in [0.2, 0.25) is 11.8 Å². The molecular formula is C24H23N3O4S. The van der Waals surface area contributed by atoms with Crippen molar-refractivity contribution in [1.82, 2.24) is 10.5 Å². The Morgan fingerprint density at radius 1 is 1.06 bits per heavy atom. The molecule has 2 aromatic carbocycles. The number of amides is 2. The quantitative estimate of drug-likeness (QED) is 0.405. The Morgan fingerprint density at radius 2 is 1.81 bits per heavy atom. The molecule has 2 amide bonds. The first kappa shape index (κ1) is 21.7. The van der Waals surface area contributed by atoms with Crippen molar-refractivity contribution in [3.8, 4) is 0 Å². The van der Waals surface area contributed by atoms with Gasteiger partial charge in [0.25, 0.3) is 0 Å². The zero-order valence-corrected chi connectivity index (χ0v) is 18.5. The number of nitrogens with one attached hydrogen (secondary N) is 2. The van der Waals surface area contributed by atoms with Crippen LogP contribution in [-0.4, -0.2) is 28.0 Å². The Kier molecular flexibility index (Phi) is 6.61. The summed E-state index contributed by atoms with van der Waals surface area (Å²) in [7, 11) is 0. The number of rotatable bonds is 8. The smallest absolute Gasteiger partial charge is 0.238 e. The highest BCUT2D eigenvalue weighted by molar-refractivity contribution is 8.01. The van der Waals surface area contributed by atoms with E-state index < -0.39 is 11.3 Å². The first-order valence-electron chi connectivity index (χ1n) is 10.2. The van der Waals surface area contributed by atoms with Gasteiger partial charge in [0.15, 0.2) is 5.82 Å². The van der Waals surface area contributed by atoms with Crippen molar-refractivity contribution in [3.63, 3.8) is 0 Å². The van der Waals surface area contributed by atoms with Crippen LogP contribution in [0, 0.1) is 6.92 Å². The summed E-state index contributed by atoms with van der Waals surface area (Å²) in [6.45, 7) is 3.49. The number of para-hydroxylation sites is 1. The van der Waals surface area contributed by atoms with Gasteiger partial charge in [0, 0.05) is 11.5 Å². The van der Waals surface area contributed by atoms with Gasteiger partial charge in [-0.05, 0) is 31.5 Å². The van der Waals surface area contributed by atoms with E-state index in [-0.39, 0.29) is 17.6 Å². The standard InChI is InChI=1S/C24H23N3O4S/c1-15-12-21(27-31-15)25-24(29)16(2)32-14-22(28)26-23(17-8-4-3-5-9-17)20-13-18-10-6-7-11-19(18)30-20/h3-13,16,23H,14H2,1-2H3,(H,26,28)(H,25,27,29)/t16-,23-/m1/s1. The largest absolute Gasteiger partial charge is 0.459 e. The van der Waals surface area contributed by atoms with E-state index in [9.17, 15) is 9.59 Å². The molecule has 2 aromatic heterocycles. The number of aromatic nitrogens is 1. The van der Waals surface area contributed by atoms with Gasteiger partial charge in [0.1, 0.15) is 23.1 Å². The Hall–Kier alpha value is -3.52. The van der Waals surface area contributed by atoms with Gasteiger partial charge in [-0.1, -0.05) is 53.7 Å². The van der Waals surface area contributed by atoms with Gasteiger partial charge in [-0.3, -0.25) is 9.59 Å². The number of aryl methyl sites for hydroxylation is 1. The predicted octanol–water partition coefficient (Wildman–Crippen LogP) is 4.70.